The Balaban J connectivity index is 1.99. The molecule has 0 unspecified atom stereocenters. The number of rotatable bonds is 6. The molecule has 2 aromatic rings. The number of aliphatic hydroxyl groups is 1. The highest BCUT2D eigenvalue weighted by molar-refractivity contribution is 7.09. The smallest absolute Gasteiger partial charge is 0.287 e. The van der Waals surface area contributed by atoms with Gasteiger partial charge in [-0.15, -0.1) is 11.3 Å². The zero-order valence-corrected chi connectivity index (χ0v) is 12.5. The predicted octanol–water partition coefficient (Wildman–Crippen LogP) is 1.31. The van der Waals surface area contributed by atoms with Crippen LogP contribution >= 0.6 is 22.9 Å². The monoisotopic (exact) mass is 314 g/mol. The van der Waals surface area contributed by atoms with E-state index < -0.39 is 5.56 Å². The molecule has 0 fully saturated rings. The van der Waals surface area contributed by atoms with Crippen molar-refractivity contribution >= 4 is 28.6 Å². The van der Waals surface area contributed by atoms with Crippen molar-refractivity contribution < 1.29 is 5.11 Å². The quantitative estimate of drug-likeness (QED) is 0.840. The SMILES string of the molecule is Cc1csc(CCNc2cnn(CCO)c(=O)c2Cl)n1. The second-order valence-electron chi connectivity index (χ2n) is 4.18. The van der Waals surface area contributed by atoms with Gasteiger partial charge in [0, 0.05) is 24.0 Å². The minimum atomic E-state index is -0.407. The van der Waals surface area contributed by atoms with Crippen molar-refractivity contribution in [3.05, 3.63) is 37.7 Å². The first kappa shape index (κ1) is 15.0. The third-order valence-corrected chi connectivity index (χ3v) is 4.01. The van der Waals surface area contributed by atoms with Crippen LogP contribution in [-0.2, 0) is 13.0 Å². The first-order chi connectivity index (χ1) is 9.61. The average molecular weight is 315 g/mol. The molecule has 8 heteroatoms. The Bertz CT molecular complexity index is 641. The molecular weight excluding hydrogens is 300 g/mol. The van der Waals surface area contributed by atoms with E-state index in [1.54, 1.807) is 11.3 Å². The van der Waals surface area contributed by atoms with Gasteiger partial charge in [-0.25, -0.2) is 9.67 Å². The molecule has 0 aliphatic rings. The third-order valence-electron chi connectivity index (χ3n) is 2.62. The lowest BCUT2D eigenvalue weighted by Gasteiger charge is -2.08. The number of hydrogen-bond donors (Lipinski definition) is 2. The Labute approximate surface area is 125 Å². The number of aliphatic hydroxyl groups excluding tert-OH is 1. The zero-order chi connectivity index (χ0) is 14.5. The fourth-order valence-corrected chi connectivity index (χ4v) is 2.65. The van der Waals surface area contributed by atoms with Crippen molar-refractivity contribution in [3.63, 3.8) is 0 Å². The van der Waals surface area contributed by atoms with E-state index in [9.17, 15) is 4.79 Å². The highest BCUT2D eigenvalue weighted by Gasteiger charge is 2.08. The van der Waals surface area contributed by atoms with Crippen LogP contribution in [0.1, 0.15) is 10.7 Å². The summed E-state index contributed by atoms with van der Waals surface area (Å²) in [6.07, 6.45) is 2.25. The summed E-state index contributed by atoms with van der Waals surface area (Å²) in [6.45, 7) is 2.56. The molecule has 0 spiro atoms. The van der Waals surface area contributed by atoms with Crippen LogP contribution in [0.4, 0.5) is 5.69 Å². The molecule has 2 rings (SSSR count). The lowest BCUT2D eigenvalue weighted by Crippen LogP contribution is -2.25. The molecule has 2 N–H and O–H groups in total. The number of aromatic nitrogens is 3. The van der Waals surface area contributed by atoms with E-state index >= 15 is 0 Å². The Morgan fingerprint density at radius 3 is 3.00 bits per heavy atom. The lowest BCUT2D eigenvalue weighted by molar-refractivity contribution is 0.266. The van der Waals surface area contributed by atoms with Crippen LogP contribution in [0.25, 0.3) is 0 Å². The zero-order valence-electron chi connectivity index (χ0n) is 11.0. The topological polar surface area (TPSA) is 80.0 Å². The lowest BCUT2D eigenvalue weighted by atomic mass is 10.4. The summed E-state index contributed by atoms with van der Waals surface area (Å²) in [5, 5.41) is 19.0. The van der Waals surface area contributed by atoms with Crippen LogP contribution in [0.15, 0.2) is 16.4 Å². The summed E-state index contributed by atoms with van der Waals surface area (Å²) in [5.74, 6) is 0. The third kappa shape index (κ3) is 3.56. The van der Waals surface area contributed by atoms with Gasteiger partial charge in [-0.05, 0) is 6.92 Å². The molecule has 0 saturated carbocycles. The molecular formula is C12H15ClN4O2S. The molecule has 2 heterocycles. The number of anilines is 1. The van der Waals surface area contributed by atoms with Crippen LogP contribution in [0.3, 0.4) is 0 Å². The second kappa shape index (κ2) is 6.83. The van der Waals surface area contributed by atoms with Crippen LogP contribution < -0.4 is 10.9 Å². The molecule has 2 aromatic heterocycles. The Morgan fingerprint density at radius 1 is 1.55 bits per heavy atom. The molecule has 20 heavy (non-hydrogen) atoms. The standard InChI is InChI=1S/C12H15ClN4O2S/c1-8-7-20-10(16-8)2-3-14-9-6-15-17(4-5-18)12(19)11(9)13/h6-7,14,18H,2-5H2,1H3. The number of hydrogen-bond acceptors (Lipinski definition) is 6. The van der Waals surface area contributed by atoms with Crippen LogP contribution in [-0.4, -0.2) is 33.0 Å². The highest BCUT2D eigenvalue weighted by Crippen LogP contribution is 2.16. The summed E-state index contributed by atoms with van der Waals surface area (Å²) < 4.78 is 1.14. The van der Waals surface area contributed by atoms with Crippen molar-refractivity contribution in [2.75, 3.05) is 18.5 Å². The molecule has 0 amide bonds. The molecule has 6 nitrogen and oxygen atoms in total. The molecule has 0 bridgehead atoms. The van der Waals surface area contributed by atoms with E-state index in [0.717, 1.165) is 21.8 Å². The molecule has 0 aromatic carbocycles. The van der Waals surface area contributed by atoms with Gasteiger partial charge in [0.25, 0.3) is 5.56 Å². The van der Waals surface area contributed by atoms with E-state index in [0.29, 0.717) is 12.2 Å². The molecule has 0 aliphatic carbocycles. The molecule has 0 radical (unpaired) electrons. The number of nitrogens with one attached hydrogen (secondary N) is 1. The minimum absolute atomic E-state index is 0.0868. The number of nitrogens with zero attached hydrogens (tertiary/aromatic N) is 3. The fourth-order valence-electron chi connectivity index (χ4n) is 1.66. The van der Waals surface area contributed by atoms with Crippen LogP contribution in [0.2, 0.25) is 5.02 Å². The Morgan fingerprint density at radius 2 is 2.35 bits per heavy atom. The number of thiazole rings is 1. The normalized spacial score (nSPS) is 10.8. The largest absolute Gasteiger partial charge is 0.394 e. The highest BCUT2D eigenvalue weighted by atomic mass is 35.5. The first-order valence-electron chi connectivity index (χ1n) is 6.13. The maximum Gasteiger partial charge on any atom is 0.287 e. The van der Waals surface area contributed by atoms with Crippen LogP contribution in [0.5, 0.6) is 0 Å². The number of halogens is 1. The van der Waals surface area contributed by atoms with Gasteiger partial charge < -0.3 is 10.4 Å². The van der Waals surface area contributed by atoms with Gasteiger partial charge in [0.2, 0.25) is 0 Å². The van der Waals surface area contributed by atoms with E-state index in [4.69, 9.17) is 16.7 Å². The van der Waals surface area contributed by atoms with Crippen LogP contribution in [0, 0.1) is 6.92 Å². The minimum Gasteiger partial charge on any atom is -0.394 e. The Kier molecular flexibility index (Phi) is 5.11. The van der Waals surface area contributed by atoms with Gasteiger partial charge in [0.15, 0.2) is 0 Å². The van der Waals surface area contributed by atoms with Crippen molar-refractivity contribution in [2.24, 2.45) is 0 Å². The molecule has 0 atom stereocenters. The van der Waals surface area contributed by atoms with Gasteiger partial charge in [0.1, 0.15) is 5.02 Å². The fraction of sp³-hybridized carbons (Fsp3) is 0.417. The maximum atomic E-state index is 11.8. The van der Waals surface area contributed by atoms with Gasteiger partial charge in [-0.2, -0.15) is 5.10 Å². The van der Waals surface area contributed by atoms with Crippen molar-refractivity contribution in [1.82, 2.24) is 14.8 Å². The summed E-state index contributed by atoms with van der Waals surface area (Å²) >= 11 is 7.60. The molecule has 0 saturated heterocycles. The first-order valence-corrected chi connectivity index (χ1v) is 7.39. The van der Waals surface area contributed by atoms with Gasteiger partial charge in [-0.3, -0.25) is 4.79 Å². The van der Waals surface area contributed by atoms with E-state index in [1.165, 1.54) is 6.20 Å². The summed E-state index contributed by atoms with van der Waals surface area (Å²) in [6, 6.07) is 0. The average Bonchev–Trinajstić information content (AvgIpc) is 2.84. The van der Waals surface area contributed by atoms with Gasteiger partial charge >= 0.3 is 0 Å². The Hall–Kier alpha value is -1.44. The molecule has 108 valence electrons. The maximum absolute atomic E-state index is 11.8. The van der Waals surface area contributed by atoms with Crippen molar-refractivity contribution in [3.8, 4) is 0 Å². The van der Waals surface area contributed by atoms with Gasteiger partial charge in [0.05, 0.1) is 30.0 Å². The van der Waals surface area contributed by atoms with E-state index in [1.807, 2.05) is 12.3 Å². The second-order valence-corrected chi connectivity index (χ2v) is 5.50. The van der Waals surface area contributed by atoms with Crippen molar-refractivity contribution in [1.29, 1.82) is 0 Å². The predicted molar refractivity (Wildman–Crippen MR) is 79.6 cm³/mol. The number of aryl methyl sites for hydroxylation is 1. The summed E-state index contributed by atoms with van der Waals surface area (Å²) in [4.78, 5) is 16.2. The van der Waals surface area contributed by atoms with Gasteiger partial charge in [-0.1, -0.05) is 11.6 Å². The van der Waals surface area contributed by atoms with E-state index in [2.05, 4.69) is 15.4 Å². The van der Waals surface area contributed by atoms with Crippen molar-refractivity contribution in [2.45, 2.75) is 19.9 Å². The summed E-state index contributed by atoms with van der Waals surface area (Å²) in [7, 11) is 0. The summed E-state index contributed by atoms with van der Waals surface area (Å²) in [5.41, 5.74) is 1.10. The van der Waals surface area contributed by atoms with E-state index in [-0.39, 0.29) is 18.2 Å². The molecule has 0 aliphatic heterocycles.